The summed E-state index contributed by atoms with van der Waals surface area (Å²) in [6, 6.07) is 21.5. The summed E-state index contributed by atoms with van der Waals surface area (Å²) in [4.78, 5) is 0. The molecule has 0 fully saturated rings. The molecule has 2 rings (SSSR count). The van der Waals surface area contributed by atoms with Crippen molar-refractivity contribution in [3.63, 3.8) is 0 Å². The maximum Gasteiger partial charge on any atom is -0.0539 e. The summed E-state index contributed by atoms with van der Waals surface area (Å²) in [6.45, 7) is 2.25. The van der Waals surface area contributed by atoms with Gasteiger partial charge in [-0.05, 0) is 0 Å². The SMILES string of the molecule is CCCCC[C-](c1ccccc1)c1ccccc1. The van der Waals surface area contributed by atoms with E-state index in [1.54, 1.807) is 0 Å². The van der Waals surface area contributed by atoms with Crippen LogP contribution in [0.3, 0.4) is 0 Å². The molecule has 2 aromatic rings. The van der Waals surface area contributed by atoms with Crippen molar-refractivity contribution in [2.45, 2.75) is 32.6 Å². The van der Waals surface area contributed by atoms with Crippen molar-refractivity contribution in [3.8, 4) is 0 Å². The number of hydrogen-bond donors (Lipinski definition) is 0. The van der Waals surface area contributed by atoms with Gasteiger partial charge in [0.25, 0.3) is 0 Å². The molecule has 0 saturated heterocycles. The Labute approximate surface area is 111 Å². The van der Waals surface area contributed by atoms with E-state index in [9.17, 15) is 0 Å². The lowest BCUT2D eigenvalue weighted by Crippen LogP contribution is -2.02. The molecule has 0 radical (unpaired) electrons. The van der Waals surface area contributed by atoms with Crippen LogP contribution in [0.25, 0.3) is 0 Å². The summed E-state index contributed by atoms with van der Waals surface area (Å²) in [5.74, 6) is 1.48. The van der Waals surface area contributed by atoms with Crippen molar-refractivity contribution < 1.29 is 0 Å². The third kappa shape index (κ3) is 3.40. The predicted molar refractivity (Wildman–Crippen MR) is 78.5 cm³/mol. The molecule has 18 heavy (non-hydrogen) atoms. The van der Waals surface area contributed by atoms with Gasteiger partial charge in [-0.3, -0.25) is 0 Å². The lowest BCUT2D eigenvalue weighted by molar-refractivity contribution is 0.693. The first-order chi connectivity index (χ1) is 8.92. The number of benzene rings is 2. The minimum atomic E-state index is 1.17. The monoisotopic (exact) mass is 237 g/mol. The number of rotatable bonds is 6. The summed E-state index contributed by atoms with van der Waals surface area (Å²) in [7, 11) is 0. The highest BCUT2D eigenvalue weighted by molar-refractivity contribution is 5.45. The van der Waals surface area contributed by atoms with Gasteiger partial charge < -0.3 is 0 Å². The van der Waals surface area contributed by atoms with Crippen LogP contribution in [0, 0.1) is 5.92 Å². The van der Waals surface area contributed by atoms with E-state index in [1.807, 2.05) is 0 Å². The zero-order valence-electron chi connectivity index (χ0n) is 11.1. The van der Waals surface area contributed by atoms with Gasteiger partial charge in [0.2, 0.25) is 0 Å². The predicted octanol–water partition coefficient (Wildman–Crippen LogP) is 5.24. The quantitative estimate of drug-likeness (QED) is 0.476. The minimum Gasteiger partial charge on any atom is -0.120 e. The molecule has 0 saturated carbocycles. The first-order valence-corrected chi connectivity index (χ1v) is 6.88. The first-order valence-electron chi connectivity index (χ1n) is 6.88. The molecule has 2 aromatic carbocycles. The van der Waals surface area contributed by atoms with Crippen LogP contribution in [0.2, 0.25) is 0 Å². The molecular weight excluding hydrogens is 216 g/mol. The second-order valence-corrected chi connectivity index (χ2v) is 4.67. The van der Waals surface area contributed by atoms with Crippen LogP contribution >= 0.6 is 0 Å². The molecule has 0 spiro atoms. The van der Waals surface area contributed by atoms with Gasteiger partial charge in [0.1, 0.15) is 0 Å². The first kappa shape index (κ1) is 12.8. The topological polar surface area (TPSA) is 0 Å². The molecule has 0 aliphatic carbocycles. The smallest absolute Gasteiger partial charge is 0.0539 e. The van der Waals surface area contributed by atoms with E-state index < -0.39 is 0 Å². The Balaban J connectivity index is 2.18. The largest absolute Gasteiger partial charge is 0.120 e. The van der Waals surface area contributed by atoms with Crippen LogP contribution in [-0.4, -0.2) is 0 Å². The van der Waals surface area contributed by atoms with E-state index in [-0.39, 0.29) is 0 Å². The van der Waals surface area contributed by atoms with Crippen molar-refractivity contribution in [2.24, 2.45) is 0 Å². The minimum absolute atomic E-state index is 1.17. The zero-order chi connectivity index (χ0) is 12.6. The molecule has 0 amide bonds. The second kappa shape index (κ2) is 6.90. The number of hydrogen-bond acceptors (Lipinski definition) is 0. The highest BCUT2D eigenvalue weighted by Gasteiger charge is 2.05. The van der Waals surface area contributed by atoms with E-state index >= 15 is 0 Å². The van der Waals surface area contributed by atoms with Crippen molar-refractivity contribution in [3.05, 3.63) is 77.7 Å². The standard InChI is InChI=1S/C18H21/c1-2-3-6-15-18(16-11-7-4-8-12-16)17-13-9-5-10-14-17/h4-5,7-14H,2-3,6,15H2,1H3/q-1. The van der Waals surface area contributed by atoms with Crippen LogP contribution < -0.4 is 0 Å². The van der Waals surface area contributed by atoms with Crippen molar-refractivity contribution in [2.75, 3.05) is 0 Å². The normalized spacial score (nSPS) is 10.3. The molecule has 0 atom stereocenters. The average molecular weight is 237 g/mol. The zero-order valence-corrected chi connectivity index (χ0v) is 11.1. The van der Waals surface area contributed by atoms with Gasteiger partial charge in [-0.2, -0.15) is 0 Å². The molecule has 0 aromatic heterocycles. The van der Waals surface area contributed by atoms with Gasteiger partial charge in [-0.15, -0.1) is 41.3 Å². The van der Waals surface area contributed by atoms with Crippen LogP contribution in [0.15, 0.2) is 60.7 Å². The molecule has 0 N–H and O–H groups in total. The van der Waals surface area contributed by atoms with Gasteiger partial charge in [-0.25, -0.2) is 0 Å². The van der Waals surface area contributed by atoms with E-state index in [0.29, 0.717) is 0 Å². The molecule has 0 heterocycles. The van der Waals surface area contributed by atoms with Gasteiger partial charge in [0.05, 0.1) is 0 Å². The molecule has 94 valence electrons. The fourth-order valence-electron chi connectivity index (χ4n) is 2.29. The molecule has 0 unspecified atom stereocenters. The van der Waals surface area contributed by atoms with Crippen molar-refractivity contribution in [1.82, 2.24) is 0 Å². The maximum atomic E-state index is 2.25. The Morgan fingerprint density at radius 2 is 1.22 bits per heavy atom. The molecule has 0 aliphatic heterocycles. The van der Waals surface area contributed by atoms with Gasteiger partial charge >= 0.3 is 0 Å². The van der Waals surface area contributed by atoms with Crippen LogP contribution in [0.1, 0.15) is 43.7 Å². The molecule has 0 nitrogen and oxygen atoms in total. The summed E-state index contributed by atoms with van der Waals surface area (Å²) < 4.78 is 0. The molecule has 0 heteroatoms. The van der Waals surface area contributed by atoms with Crippen LogP contribution in [0.4, 0.5) is 0 Å². The van der Waals surface area contributed by atoms with Crippen LogP contribution in [0.5, 0.6) is 0 Å². The Morgan fingerprint density at radius 1 is 0.722 bits per heavy atom. The third-order valence-corrected chi connectivity index (χ3v) is 3.27. The fourth-order valence-corrected chi connectivity index (χ4v) is 2.29. The van der Waals surface area contributed by atoms with E-state index in [4.69, 9.17) is 0 Å². The summed E-state index contributed by atoms with van der Waals surface area (Å²) in [5, 5.41) is 0. The Morgan fingerprint density at radius 3 is 1.67 bits per heavy atom. The lowest BCUT2D eigenvalue weighted by Gasteiger charge is -2.25. The van der Waals surface area contributed by atoms with Gasteiger partial charge in [0, 0.05) is 0 Å². The highest BCUT2D eigenvalue weighted by atomic mass is 14.2. The van der Waals surface area contributed by atoms with E-state index in [1.165, 1.54) is 42.7 Å². The van der Waals surface area contributed by atoms with Crippen molar-refractivity contribution >= 4 is 0 Å². The van der Waals surface area contributed by atoms with Gasteiger partial charge in [0.15, 0.2) is 0 Å². The lowest BCUT2D eigenvalue weighted by atomic mass is 9.87. The second-order valence-electron chi connectivity index (χ2n) is 4.67. The van der Waals surface area contributed by atoms with Crippen molar-refractivity contribution in [1.29, 1.82) is 0 Å². The fraction of sp³-hybridized carbons (Fsp3) is 0.278. The Bertz CT molecular complexity index is 391. The molecular formula is C18H21-. The maximum absolute atomic E-state index is 2.25. The summed E-state index contributed by atoms with van der Waals surface area (Å²) >= 11 is 0. The van der Waals surface area contributed by atoms with Gasteiger partial charge in [-0.1, -0.05) is 69.0 Å². The Kier molecular flexibility index (Phi) is 4.89. The summed E-state index contributed by atoms with van der Waals surface area (Å²) in [6.07, 6.45) is 5.03. The summed E-state index contributed by atoms with van der Waals surface area (Å²) in [5.41, 5.74) is 2.72. The highest BCUT2D eigenvalue weighted by Crippen LogP contribution is 2.28. The van der Waals surface area contributed by atoms with Crippen LogP contribution in [-0.2, 0) is 0 Å². The third-order valence-electron chi connectivity index (χ3n) is 3.27. The van der Waals surface area contributed by atoms with E-state index in [0.717, 1.165) is 0 Å². The number of unbranched alkanes of at least 4 members (excludes halogenated alkanes) is 2. The van der Waals surface area contributed by atoms with E-state index in [2.05, 4.69) is 67.6 Å². The molecule has 0 bridgehead atoms. The average Bonchev–Trinajstić information content (AvgIpc) is 2.46. The molecule has 0 aliphatic rings. The Hall–Kier alpha value is -1.69.